The van der Waals surface area contributed by atoms with Crippen molar-refractivity contribution in [2.45, 2.75) is 12.7 Å². The lowest BCUT2D eigenvalue weighted by Crippen LogP contribution is -2.44. The van der Waals surface area contributed by atoms with Crippen LogP contribution in [0.25, 0.3) is 0 Å². The van der Waals surface area contributed by atoms with Crippen molar-refractivity contribution in [1.82, 2.24) is 9.80 Å². The molecule has 1 aromatic carbocycles. The lowest BCUT2D eigenvalue weighted by Gasteiger charge is -2.32. The van der Waals surface area contributed by atoms with E-state index in [1.165, 1.54) is 12.1 Å². The van der Waals surface area contributed by atoms with Gasteiger partial charge in [0.15, 0.2) is 0 Å². The quantitative estimate of drug-likeness (QED) is 0.920. The van der Waals surface area contributed by atoms with Gasteiger partial charge in [-0.3, -0.25) is 4.90 Å². The molecule has 1 saturated heterocycles. The number of carboxylic acids is 1. The number of halogens is 4. The highest BCUT2D eigenvalue weighted by Crippen LogP contribution is 2.33. The lowest BCUT2D eigenvalue weighted by atomic mass is 10.0. The van der Waals surface area contributed by atoms with Crippen molar-refractivity contribution in [3.05, 3.63) is 34.9 Å². The maximum atomic E-state index is 13.1. The van der Waals surface area contributed by atoms with E-state index in [0.717, 1.165) is 13.1 Å². The van der Waals surface area contributed by atoms with Crippen LogP contribution in [0.2, 0.25) is 0 Å². The molecule has 0 amide bonds. The molecule has 0 saturated carbocycles. The van der Waals surface area contributed by atoms with Gasteiger partial charge in [0, 0.05) is 32.7 Å². The van der Waals surface area contributed by atoms with E-state index in [2.05, 4.69) is 4.90 Å². The van der Waals surface area contributed by atoms with Gasteiger partial charge in [-0.15, -0.1) is 12.4 Å². The highest BCUT2D eigenvalue weighted by Gasteiger charge is 2.34. The van der Waals surface area contributed by atoms with E-state index in [1.807, 2.05) is 11.9 Å². The normalized spacial score (nSPS) is 17.1. The molecule has 2 rings (SSSR count). The predicted molar refractivity (Wildman–Crippen MR) is 78.4 cm³/mol. The molecular weight excluding hydrogens is 321 g/mol. The Morgan fingerprint density at radius 3 is 2.32 bits per heavy atom. The van der Waals surface area contributed by atoms with Crippen LogP contribution in [-0.2, 0) is 12.7 Å². The molecule has 0 aliphatic carbocycles. The van der Waals surface area contributed by atoms with Gasteiger partial charge in [-0.1, -0.05) is 6.07 Å². The molecular formula is C14H18ClF3N2O2. The first-order valence-electron chi connectivity index (χ1n) is 6.61. The van der Waals surface area contributed by atoms with E-state index in [0.29, 0.717) is 19.2 Å². The molecule has 0 unspecified atom stereocenters. The molecule has 124 valence electrons. The molecule has 1 aliphatic rings. The van der Waals surface area contributed by atoms with Gasteiger partial charge < -0.3 is 10.0 Å². The molecule has 22 heavy (non-hydrogen) atoms. The van der Waals surface area contributed by atoms with Gasteiger partial charge >= 0.3 is 12.1 Å². The Morgan fingerprint density at radius 1 is 1.23 bits per heavy atom. The van der Waals surface area contributed by atoms with Crippen LogP contribution in [0.1, 0.15) is 21.5 Å². The summed E-state index contributed by atoms with van der Waals surface area (Å²) in [6.45, 7) is 3.22. The van der Waals surface area contributed by atoms with Crippen molar-refractivity contribution in [3.63, 3.8) is 0 Å². The standard InChI is InChI=1S/C14H17F3N2O2.ClH/c1-18-4-6-19(7-5-18)9-11-3-2-10(13(20)21)8-12(11)14(15,16)17;/h2-3,8H,4-7,9H2,1H3,(H,20,21);1H. The van der Waals surface area contributed by atoms with E-state index in [9.17, 15) is 18.0 Å². The average Bonchev–Trinajstić information content (AvgIpc) is 2.40. The first kappa shape index (κ1) is 18.7. The Bertz CT molecular complexity index is 529. The SMILES string of the molecule is CN1CCN(Cc2ccc(C(=O)O)cc2C(F)(F)F)CC1.Cl. The highest BCUT2D eigenvalue weighted by molar-refractivity contribution is 5.88. The van der Waals surface area contributed by atoms with Crippen LogP contribution in [0.5, 0.6) is 0 Å². The molecule has 8 heteroatoms. The van der Waals surface area contributed by atoms with Crippen LogP contribution in [0, 0.1) is 0 Å². The second-order valence-corrected chi connectivity index (χ2v) is 5.25. The summed E-state index contributed by atoms with van der Waals surface area (Å²) in [5.74, 6) is -1.35. The van der Waals surface area contributed by atoms with E-state index in [1.54, 1.807) is 0 Å². The van der Waals surface area contributed by atoms with Crippen LogP contribution >= 0.6 is 12.4 Å². The minimum Gasteiger partial charge on any atom is -0.478 e. The summed E-state index contributed by atoms with van der Waals surface area (Å²) in [6.07, 6.45) is -4.55. The number of carbonyl (C=O) groups is 1. The monoisotopic (exact) mass is 338 g/mol. The number of carboxylic acid groups (broad SMARTS) is 1. The molecule has 0 spiro atoms. The second kappa shape index (κ2) is 7.30. The lowest BCUT2D eigenvalue weighted by molar-refractivity contribution is -0.138. The van der Waals surface area contributed by atoms with Crippen molar-refractivity contribution < 1.29 is 23.1 Å². The van der Waals surface area contributed by atoms with E-state index >= 15 is 0 Å². The molecule has 1 heterocycles. The van der Waals surface area contributed by atoms with Gasteiger partial charge in [0.2, 0.25) is 0 Å². The first-order chi connectivity index (χ1) is 9.77. The van der Waals surface area contributed by atoms with Crippen LogP contribution < -0.4 is 0 Å². The van der Waals surface area contributed by atoms with E-state index in [-0.39, 0.29) is 30.1 Å². The Balaban J connectivity index is 0.00000242. The Hall–Kier alpha value is -1.31. The average molecular weight is 339 g/mol. The number of hydrogen-bond donors (Lipinski definition) is 1. The fraction of sp³-hybridized carbons (Fsp3) is 0.500. The number of piperazine rings is 1. The second-order valence-electron chi connectivity index (χ2n) is 5.25. The van der Waals surface area contributed by atoms with E-state index in [4.69, 9.17) is 5.11 Å². The van der Waals surface area contributed by atoms with Gasteiger partial charge in [-0.2, -0.15) is 13.2 Å². The number of rotatable bonds is 3. The zero-order valence-corrected chi connectivity index (χ0v) is 12.9. The third kappa shape index (κ3) is 4.59. The minimum absolute atomic E-state index is 0. The maximum Gasteiger partial charge on any atom is 0.416 e. The topological polar surface area (TPSA) is 43.8 Å². The van der Waals surface area contributed by atoms with Gasteiger partial charge in [0.1, 0.15) is 0 Å². The Labute approximate surface area is 132 Å². The van der Waals surface area contributed by atoms with Crippen molar-refractivity contribution in [3.8, 4) is 0 Å². The van der Waals surface area contributed by atoms with Crippen LogP contribution in [0.4, 0.5) is 13.2 Å². The molecule has 1 fully saturated rings. The molecule has 0 atom stereocenters. The molecule has 1 aliphatic heterocycles. The third-order valence-electron chi connectivity index (χ3n) is 3.65. The summed E-state index contributed by atoms with van der Waals surface area (Å²) in [5.41, 5.74) is -1.08. The van der Waals surface area contributed by atoms with Crippen molar-refractivity contribution in [2.24, 2.45) is 0 Å². The third-order valence-corrected chi connectivity index (χ3v) is 3.65. The number of alkyl halides is 3. The van der Waals surface area contributed by atoms with Crippen LogP contribution in [-0.4, -0.2) is 54.1 Å². The Morgan fingerprint density at radius 2 is 1.82 bits per heavy atom. The van der Waals surface area contributed by atoms with Crippen molar-refractivity contribution in [2.75, 3.05) is 33.2 Å². The molecule has 1 aromatic rings. The summed E-state index contributed by atoms with van der Waals surface area (Å²) >= 11 is 0. The smallest absolute Gasteiger partial charge is 0.416 e. The zero-order valence-electron chi connectivity index (χ0n) is 12.1. The van der Waals surface area contributed by atoms with Gasteiger partial charge in [-0.05, 0) is 24.7 Å². The Kier molecular flexibility index (Phi) is 6.22. The van der Waals surface area contributed by atoms with Crippen LogP contribution in [0.15, 0.2) is 18.2 Å². The summed E-state index contributed by atoms with van der Waals surface area (Å²) < 4.78 is 39.3. The molecule has 4 nitrogen and oxygen atoms in total. The first-order valence-corrected chi connectivity index (χ1v) is 6.61. The molecule has 0 bridgehead atoms. The highest BCUT2D eigenvalue weighted by atomic mass is 35.5. The summed E-state index contributed by atoms with van der Waals surface area (Å²) in [6, 6.07) is 3.21. The summed E-state index contributed by atoms with van der Waals surface area (Å²) in [7, 11) is 1.97. The largest absolute Gasteiger partial charge is 0.478 e. The number of hydrogen-bond acceptors (Lipinski definition) is 3. The number of likely N-dealkylation sites (N-methyl/N-ethyl adjacent to an activating group) is 1. The zero-order chi connectivity index (χ0) is 15.6. The van der Waals surface area contributed by atoms with Gasteiger partial charge in [-0.25, -0.2) is 4.79 Å². The summed E-state index contributed by atoms with van der Waals surface area (Å²) in [5, 5.41) is 8.83. The fourth-order valence-electron chi connectivity index (χ4n) is 2.36. The van der Waals surface area contributed by atoms with Crippen LogP contribution in [0.3, 0.4) is 0 Å². The minimum atomic E-state index is -4.55. The van der Waals surface area contributed by atoms with Gasteiger partial charge in [0.25, 0.3) is 0 Å². The number of nitrogens with zero attached hydrogens (tertiary/aromatic N) is 2. The van der Waals surface area contributed by atoms with Crippen molar-refractivity contribution in [1.29, 1.82) is 0 Å². The maximum absolute atomic E-state index is 13.1. The number of benzene rings is 1. The molecule has 0 radical (unpaired) electrons. The predicted octanol–water partition coefficient (Wildman–Crippen LogP) is 2.57. The number of aromatic carboxylic acids is 1. The summed E-state index contributed by atoms with van der Waals surface area (Å²) in [4.78, 5) is 14.9. The molecule has 1 N–H and O–H groups in total. The van der Waals surface area contributed by atoms with Crippen molar-refractivity contribution >= 4 is 18.4 Å². The van der Waals surface area contributed by atoms with Gasteiger partial charge in [0.05, 0.1) is 11.1 Å². The van der Waals surface area contributed by atoms with E-state index < -0.39 is 17.7 Å². The fourth-order valence-corrected chi connectivity index (χ4v) is 2.36. The molecule has 0 aromatic heterocycles.